The molecule has 0 radical (unpaired) electrons. The third kappa shape index (κ3) is 4.35. The fourth-order valence-electron chi connectivity index (χ4n) is 4.52. The summed E-state index contributed by atoms with van der Waals surface area (Å²) in [7, 11) is 1.44. The Labute approximate surface area is 198 Å². The highest BCUT2D eigenvalue weighted by molar-refractivity contribution is 5.57. The average molecular weight is 494 g/mol. The molecule has 5 rings (SSSR count). The second-order valence-corrected chi connectivity index (χ2v) is 9.36. The van der Waals surface area contributed by atoms with Gasteiger partial charge in [0.2, 0.25) is 0 Å². The summed E-state index contributed by atoms with van der Waals surface area (Å²) in [6.07, 6.45) is 0.0936. The second-order valence-electron chi connectivity index (χ2n) is 9.36. The fraction of sp³-hybridized carbons (Fsp3) is 0.522. The van der Waals surface area contributed by atoms with Crippen LogP contribution in [0.4, 0.5) is 13.2 Å². The number of rotatable bonds is 7. The van der Waals surface area contributed by atoms with Gasteiger partial charge >= 0.3 is 0 Å². The Morgan fingerprint density at radius 3 is 2.51 bits per heavy atom. The van der Waals surface area contributed by atoms with E-state index in [4.69, 9.17) is 14.0 Å². The van der Waals surface area contributed by atoms with Crippen molar-refractivity contribution in [1.82, 2.24) is 20.2 Å². The summed E-state index contributed by atoms with van der Waals surface area (Å²) in [6, 6.07) is 2.63. The van der Waals surface area contributed by atoms with E-state index in [9.17, 15) is 23.4 Å². The zero-order chi connectivity index (χ0) is 24.9. The molecule has 35 heavy (non-hydrogen) atoms. The minimum atomic E-state index is -1.58. The van der Waals surface area contributed by atoms with Crippen LogP contribution >= 0.6 is 0 Å². The fourth-order valence-corrected chi connectivity index (χ4v) is 4.52. The molecular formula is C23H25F3N4O5. The number of aliphatic hydroxyl groups excluding tert-OH is 2. The van der Waals surface area contributed by atoms with Gasteiger partial charge in [0.25, 0.3) is 0 Å². The average Bonchev–Trinajstić information content (AvgIpc) is 3.23. The predicted molar refractivity (Wildman–Crippen MR) is 114 cm³/mol. The molecule has 2 N–H and O–H groups in total. The molecule has 0 amide bonds. The third-order valence-electron chi connectivity index (χ3n) is 6.91. The number of halogens is 3. The van der Waals surface area contributed by atoms with E-state index in [0.717, 1.165) is 30.7 Å². The van der Waals surface area contributed by atoms with Crippen LogP contribution in [0.5, 0.6) is 0 Å². The van der Waals surface area contributed by atoms with Gasteiger partial charge in [0.05, 0.1) is 24.6 Å². The number of aromatic nitrogens is 4. The van der Waals surface area contributed by atoms with Gasteiger partial charge in [0.15, 0.2) is 17.5 Å². The molecule has 0 bridgehead atoms. The number of hydrogen-bond acceptors (Lipinski definition) is 8. The lowest BCUT2D eigenvalue weighted by molar-refractivity contribution is -0.212. The molecule has 1 saturated carbocycles. The van der Waals surface area contributed by atoms with Crippen LogP contribution in [-0.4, -0.2) is 68.5 Å². The van der Waals surface area contributed by atoms with E-state index in [1.807, 2.05) is 6.07 Å². The predicted octanol–water partition coefficient (Wildman–Crippen LogP) is 2.32. The highest BCUT2D eigenvalue weighted by Gasteiger charge is 2.48. The van der Waals surface area contributed by atoms with Crippen LogP contribution in [0.3, 0.4) is 0 Å². The first-order valence-corrected chi connectivity index (χ1v) is 11.2. The number of aliphatic hydroxyl groups is 2. The van der Waals surface area contributed by atoms with Crippen LogP contribution in [0.1, 0.15) is 37.3 Å². The van der Waals surface area contributed by atoms with Crippen molar-refractivity contribution in [3.05, 3.63) is 53.3 Å². The van der Waals surface area contributed by atoms with Crippen molar-refractivity contribution in [1.29, 1.82) is 0 Å². The maximum Gasteiger partial charge on any atom is 0.194 e. The van der Waals surface area contributed by atoms with Crippen molar-refractivity contribution in [2.45, 2.75) is 62.1 Å². The van der Waals surface area contributed by atoms with E-state index in [2.05, 4.69) is 22.4 Å². The molecule has 1 aromatic carbocycles. The van der Waals surface area contributed by atoms with Crippen LogP contribution in [0.25, 0.3) is 11.3 Å². The first-order valence-electron chi connectivity index (χ1n) is 11.2. The summed E-state index contributed by atoms with van der Waals surface area (Å²) in [5.74, 6) is -3.73. The molecule has 9 nitrogen and oxygen atoms in total. The van der Waals surface area contributed by atoms with E-state index in [-0.39, 0.29) is 23.1 Å². The molecule has 2 fully saturated rings. The Balaban J connectivity index is 1.43. The summed E-state index contributed by atoms with van der Waals surface area (Å²) in [5, 5.41) is 32.9. The quantitative estimate of drug-likeness (QED) is 0.481. The molecule has 3 heterocycles. The Bertz CT molecular complexity index is 1190. The zero-order valence-corrected chi connectivity index (χ0v) is 19.1. The van der Waals surface area contributed by atoms with Crippen molar-refractivity contribution < 1.29 is 37.4 Å². The molecular weight excluding hydrogens is 469 g/mol. The minimum Gasteiger partial charge on any atom is -0.394 e. The van der Waals surface area contributed by atoms with Gasteiger partial charge in [-0.25, -0.2) is 17.9 Å². The molecule has 1 aliphatic carbocycles. The van der Waals surface area contributed by atoms with Crippen molar-refractivity contribution in [2.24, 2.45) is 0 Å². The van der Waals surface area contributed by atoms with Gasteiger partial charge in [-0.05, 0) is 25.0 Å². The topological polar surface area (TPSA) is 116 Å². The smallest absolute Gasteiger partial charge is 0.194 e. The minimum absolute atomic E-state index is 0.0264. The molecule has 5 atom stereocenters. The number of ether oxygens (including phenoxy) is 2. The summed E-state index contributed by atoms with van der Waals surface area (Å²) in [4.78, 5) is 0. The monoisotopic (exact) mass is 494 g/mol. The van der Waals surface area contributed by atoms with E-state index in [0.29, 0.717) is 5.76 Å². The lowest BCUT2D eigenvalue weighted by Gasteiger charge is -2.43. The van der Waals surface area contributed by atoms with E-state index in [1.54, 1.807) is 0 Å². The molecule has 0 unspecified atom stereocenters. The van der Waals surface area contributed by atoms with E-state index >= 15 is 0 Å². The first kappa shape index (κ1) is 23.9. The highest BCUT2D eigenvalue weighted by Crippen LogP contribution is 2.47. The largest absolute Gasteiger partial charge is 0.394 e. The molecule has 2 aliphatic rings. The standard InChI is InChI=1S/C23H25F3N4O5/c1-23(3-4-23)18-8-12(35-28-18)7-16-22(33-2)20(21(32)17(10-31)34-16)30-9-15(27-29-30)11-5-13(24)19(26)14(25)6-11/h5-6,8-9,16-17,20-22,31-32H,3-4,7,10H2,1-2H3/t16-,17-,20+,21+,22+/m1/s1. The zero-order valence-electron chi connectivity index (χ0n) is 19.1. The molecule has 188 valence electrons. The first-order chi connectivity index (χ1) is 16.7. The Kier molecular flexibility index (Phi) is 6.16. The Hall–Kier alpha value is -2.80. The van der Waals surface area contributed by atoms with Gasteiger partial charge in [0, 0.05) is 30.6 Å². The van der Waals surface area contributed by atoms with Crippen molar-refractivity contribution in [2.75, 3.05) is 13.7 Å². The van der Waals surface area contributed by atoms with Crippen LogP contribution in [-0.2, 0) is 21.3 Å². The van der Waals surface area contributed by atoms with E-state index in [1.165, 1.54) is 18.0 Å². The van der Waals surface area contributed by atoms with Gasteiger partial charge in [-0.15, -0.1) is 5.10 Å². The second kappa shape index (κ2) is 9.01. The van der Waals surface area contributed by atoms with Crippen molar-refractivity contribution in [3.63, 3.8) is 0 Å². The van der Waals surface area contributed by atoms with Crippen LogP contribution < -0.4 is 0 Å². The van der Waals surface area contributed by atoms with Gasteiger partial charge in [0.1, 0.15) is 35.8 Å². The summed E-state index contributed by atoms with van der Waals surface area (Å²) in [5.41, 5.74) is 0.929. The maximum atomic E-state index is 13.7. The molecule has 1 saturated heterocycles. The molecule has 2 aromatic heterocycles. The van der Waals surface area contributed by atoms with E-state index < -0.39 is 54.5 Å². The van der Waals surface area contributed by atoms with Crippen molar-refractivity contribution >= 4 is 0 Å². The molecule has 3 aromatic rings. The SMILES string of the molecule is CO[C@@H]1[C@@H](n2cc(-c3cc(F)c(F)c(F)c3)nn2)[C@@H](O)[C@@H](CO)O[C@@H]1Cc1cc(C2(C)CC2)no1. The Morgan fingerprint density at radius 1 is 1.17 bits per heavy atom. The summed E-state index contributed by atoms with van der Waals surface area (Å²) >= 11 is 0. The summed E-state index contributed by atoms with van der Waals surface area (Å²) in [6.45, 7) is 1.64. The molecule has 12 heteroatoms. The van der Waals surface area contributed by atoms with Gasteiger partial charge < -0.3 is 24.2 Å². The van der Waals surface area contributed by atoms with Crippen molar-refractivity contribution in [3.8, 4) is 11.3 Å². The molecule has 1 aliphatic heterocycles. The number of methoxy groups -OCH3 is 1. The van der Waals surface area contributed by atoms with Gasteiger partial charge in [-0.3, -0.25) is 0 Å². The maximum absolute atomic E-state index is 13.7. The normalized spacial score (nSPS) is 27.8. The van der Waals surface area contributed by atoms with Gasteiger partial charge in [-0.2, -0.15) is 0 Å². The van der Waals surface area contributed by atoms with Crippen LogP contribution in [0, 0.1) is 17.5 Å². The van der Waals surface area contributed by atoms with Crippen LogP contribution in [0.15, 0.2) is 28.9 Å². The van der Waals surface area contributed by atoms with Gasteiger partial charge in [-0.1, -0.05) is 17.3 Å². The van der Waals surface area contributed by atoms with Crippen LogP contribution in [0.2, 0.25) is 0 Å². The number of nitrogens with zero attached hydrogens (tertiary/aromatic N) is 4. The number of benzene rings is 1. The lowest BCUT2D eigenvalue weighted by Crippen LogP contribution is -2.57. The highest BCUT2D eigenvalue weighted by atomic mass is 19.2. The summed E-state index contributed by atoms with van der Waals surface area (Å²) < 4.78 is 59.2. The lowest BCUT2D eigenvalue weighted by atomic mass is 9.90. The Morgan fingerprint density at radius 2 is 1.89 bits per heavy atom. The third-order valence-corrected chi connectivity index (χ3v) is 6.91. The number of hydrogen-bond donors (Lipinski definition) is 2. The molecule has 0 spiro atoms.